The average molecular weight is 1020 g/mol. The van der Waals surface area contributed by atoms with Crippen LogP contribution in [0.5, 0.6) is 0 Å². The number of nitrogens with one attached hydrogen (secondary N) is 1. The van der Waals surface area contributed by atoms with Crippen molar-refractivity contribution in [1.82, 2.24) is 5.32 Å². The van der Waals surface area contributed by atoms with Crippen molar-refractivity contribution in [3.63, 3.8) is 0 Å². The van der Waals surface area contributed by atoms with Crippen molar-refractivity contribution < 1.29 is 32.9 Å². The quantitative estimate of drug-likeness (QED) is 0.0243. The molecule has 3 unspecified atom stereocenters. The van der Waals surface area contributed by atoms with E-state index in [0.29, 0.717) is 17.4 Å². The molecule has 0 saturated carbocycles. The lowest BCUT2D eigenvalue weighted by atomic mass is 10.0. The minimum absolute atomic E-state index is 0.0575. The molecule has 1 amide bonds. The number of likely N-dealkylation sites (N-methyl/N-ethyl adjacent to an activating group) is 1. The summed E-state index contributed by atoms with van der Waals surface area (Å²) in [4.78, 5) is 23.3. The van der Waals surface area contributed by atoms with Gasteiger partial charge in [0.1, 0.15) is 13.2 Å². The number of hydrogen-bond donors (Lipinski definition) is 3. The molecule has 0 fully saturated rings. The Morgan fingerprint density at radius 1 is 0.465 bits per heavy atom. The third kappa shape index (κ3) is 56.3. The Hall–Kier alpha value is -1.28. The molecule has 71 heavy (non-hydrogen) atoms. The van der Waals surface area contributed by atoms with Crippen LogP contribution < -0.4 is 5.32 Å². The second kappa shape index (κ2) is 53.5. The van der Waals surface area contributed by atoms with Gasteiger partial charge in [0.05, 0.1) is 39.9 Å². The van der Waals surface area contributed by atoms with Crippen LogP contribution in [-0.2, 0) is 18.4 Å². The van der Waals surface area contributed by atoms with E-state index in [9.17, 15) is 19.4 Å². The minimum Gasteiger partial charge on any atom is -0.387 e. The van der Waals surface area contributed by atoms with E-state index in [4.69, 9.17) is 9.05 Å². The highest BCUT2D eigenvalue weighted by molar-refractivity contribution is 7.47. The lowest BCUT2D eigenvalue weighted by Gasteiger charge is -2.25. The number of carbonyl (C=O) groups excluding carboxylic acids is 1. The number of carbonyl (C=O) groups is 1. The van der Waals surface area contributed by atoms with Crippen LogP contribution >= 0.6 is 7.82 Å². The Bertz CT molecular complexity index is 1250. The zero-order valence-electron chi connectivity index (χ0n) is 48.0. The van der Waals surface area contributed by atoms with Crippen LogP contribution in [0.2, 0.25) is 0 Å². The molecule has 0 aliphatic heterocycles. The van der Waals surface area contributed by atoms with Gasteiger partial charge in [-0.2, -0.15) is 0 Å². The molecule has 0 rings (SSSR count). The molecule has 0 saturated heterocycles. The number of rotatable bonds is 57. The molecule has 9 heteroatoms. The zero-order chi connectivity index (χ0) is 52.0. The SMILES string of the molecule is CCCCCCCCCCCCC/C=C/CC/C=C/C(O)C(COP(=O)(O)OCC[N+](C)(C)C)NC(=O)CCCCCCCCCCCCCCCCCC/C=C\CCCCCCCCCCCCCC. The van der Waals surface area contributed by atoms with E-state index in [0.717, 1.165) is 38.5 Å². The number of amides is 1. The first kappa shape index (κ1) is 69.7. The lowest BCUT2D eigenvalue weighted by molar-refractivity contribution is -0.870. The largest absolute Gasteiger partial charge is 0.472 e. The van der Waals surface area contributed by atoms with Gasteiger partial charge in [-0.05, 0) is 57.8 Å². The number of phosphoric acid groups is 1. The molecule has 0 heterocycles. The van der Waals surface area contributed by atoms with E-state index >= 15 is 0 Å². The van der Waals surface area contributed by atoms with Gasteiger partial charge >= 0.3 is 7.82 Å². The van der Waals surface area contributed by atoms with Crippen molar-refractivity contribution in [2.45, 2.75) is 315 Å². The van der Waals surface area contributed by atoms with Crippen molar-refractivity contribution >= 4 is 13.7 Å². The van der Waals surface area contributed by atoms with E-state index in [1.807, 2.05) is 27.2 Å². The van der Waals surface area contributed by atoms with Crippen molar-refractivity contribution in [2.24, 2.45) is 0 Å². The molecule has 0 radical (unpaired) electrons. The third-order valence-corrected chi connectivity index (χ3v) is 15.1. The highest BCUT2D eigenvalue weighted by atomic mass is 31.2. The van der Waals surface area contributed by atoms with Crippen LogP contribution in [0.1, 0.15) is 303 Å². The molecule has 0 aromatic rings. The fourth-order valence-corrected chi connectivity index (χ4v) is 9.97. The molecule has 3 N–H and O–H groups in total. The lowest BCUT2D eigenvalue weighted by Crippen LogP contribution is -2.45. The summed E-state index contributed by atoms with van der Waals surface area (Å²) in [6.45, 7) is 4.83. The summed E-state index contributed by atoms with van der Waals surface area (Å²) in [6.07, 6.45) is 69.9. The topological polar surface area (TPSA) is 105 Å². The van der Waals surface area contributed by atoms with Crippen molar-refractivity contribution in [1.29, 1.82) is 0 Å². The number of aliphatic hydroxyl groups excluding tert-OH is 1. The molecular weight excluding hydrogens is 900 g/mol. The monoisotopic (exact) mass is 1020 g/mol. The fraction of sp³-hybridized carbons (Fsp3) is 0.887. The predicted octanol–water partition coefficient (Wildman–Crippen LogP) is 18.9. The molecule has 8 nitrogen and oxygen atoms in total. The van der Waals surface area contributed by atoms with Crippen LogP contribution in [0.3, 0.4) is 0 Å². The summed E-state index contributed by atoms with van der Waals surface area (Å²) in [5.41, 5.74) is 0. The molecular formula is C62H122N2O6P+. The standard InChI is InChI=1S/C62H121N2O6P/c1-6-8-10-12-14-16-18-20-22-24-25-26-27-28-29-30-31-32-33-34-35-36-37-38-40-42-44-46-48-50-52-54-56-62(66)63-60(59-70-71(67,68)69-58-57-64(3,4)5)61(65)55-53-51-49-47-45-43-41-39-23-21-19-17-15-13-11-9-7-2/h28-29,45,47,53,55,60-61,65H,6-27,30-44,46,48-52,54,56-59H2,1-5H3,(H-,63,66,67,68)/p+1/b29-28-,47-45+,55-53+. The first-order valence-electron chi connectivity index (χ1n) is 30.9. The van der Waals surface area contributed by atoms with Gasteiger partial charge in [-0.1, -0.05) is 275 Å². The number of unbranched alkanes of at least 4 members (excludes halogenated alkanes) is 40. The van der Waals surface area contributed by atoms with Gasteiger partial charge in [0.25, 0.3) is 0 Å². The molecule has 0 aromatic carbocycles. The van der Waals surface area contributed by atoms with Gasteiger partial charge in [0, 0.05) is 6.42 Å². The molecule has 0 bridgehead atoms. The zero-order valence-corrected chi connectivity index (χ0v) is 48.9. The van der Waals surface area contributed by atoms with Crippen LogP contribution in [-0.4, -0.2) is 73.4 Å². The Morgan fingerprint density at radius 3 is 1.13 bits per heavy atom. The Balaban J connectivity index is 4.07. The first-order valence-corrected chi connectivity index (χ1v) is 32.4. The van der Waals surface area contributed by atoms with E-state index < -0.39 is 20.0 Å². The van der Waals surface area contributed by atoms with Gasteiger partial charge < -0.3 is 19.8 Å². The molecule has 3 atom stereocenters. The van der Waals surface area contributed by atoms with Gasteiger partial charge in [-0.3, -0.25) is 13.8 Å². The minimum atomic E-state index is -4.35. The van der Waals surface area contributed by atoms with E-state index in [1.165, 1.54) is 244 Å². The van der Waals surface area contributed by atoms with E-state index in [-0.39, 0.29) is 19.1 Å². The predicted molar refractivity (Wildman–Crippen MR) is 309 cm³/mol. The average Bonchev–Trinajstić information content (AvgIpc) is 3.33. The van der Waals surface area contributed by atoms with Gasteiger partial charge in [-0.25, -0.2) is 4.57 Å². The second-order valence-electron chi connectivity index (χ2n) is 22.4. The number of allylic oxidation sites excluding steroid dienone is 5. The van der Waals surface area contributed by atoms with Crippen LogP contribution in [0.4, 0.5) is 0 Å². The number of aliphatic hydroxyl groups is 1. The summed E-state index contributed by atoms with van der Waals surface area (Å²) >= 11 is 0. The van der Waals surface area contributed by atoms with Crippen molar-refractivity contribution in [2.75, 3.05) is 40.9 Å². The van der Waals surface area contributed by atoms with Crippen LogP contribution in [0.15, 0.2) is 36.5 Å². The summed E-state index contributed by atoms with van der Waals surface area (Å²) in [7, 11) is 1.56. The van der Waals surface area contributed by atoms with Crippen molar-refractivity contribution in [3.05, 3.63) is 36.5 Å². The molecule has 0 spiro atoms. The second-order valence-corrected chi connectivity index (χ2v) is 23.9. The van der Waals surface area contributed by atoms with Gasteiger partial charge in [0.2, 0.25) is 5.91 Å². The van der Waals surface area contributed by atoms with Crippen molar-refractivity contribution in [3.8, 4) is 0 Å². The number of nitrogens with zero attached hydrogens (tertiary/aromatic N) is 1. The van der Waals surface area contributed by atoms with Crippen LogP contribution in [0, 0.1) is 0 Å². The highest BCUT2D eigenvalue weighted by Crippen LogP contribution is 2.43. The van der Waals surface area contributed by atoms with E-state index in [2.05, 4.69) is 43.5 Å². The Labute approximate surface area is 442 Å². The first-order chi connectivity index (χ1) is 34.5. The molecule has 420 valence electrons. The maximum atomic E-state index is 13.0. The normalized spacial score (nSPS) is 14.1. The molecule has 0 aliphatic rings. The smallest absolute Gasteiger partial charge is 0.387 e. The van der Waals surface area contributed by atoms with E-state index in [1.54, 1.807) is 6.08 Å². The van der Waals surface area contributed by atoms with Crippen LogP contribution in [0.25, 0.3) is 0 Å². The Kier molecular flexibility index (Phi) is 52.6. The number of quaternary nitrogens is 1. The number of hydrogen-bond acceptors (Lipinski definition) is 5. The fourth-order valence-electron chi connectivity index (χ4n) is 9.23. The summed E-state index contributed by atoms with van der Waals surface area (Å²) in [6, 6.07) is -0.862. The maximum Gasteiger partial charge on any atom is 0.472 e. The van der Waals surface area contributed by atoms with Gasteiger partial charge in [0.15, 0.2) is 0 Å². The summed E-state index contributed by atoms with van der Waals surface area (Å²) in [5, 5.41) is 13.9. The maximum absolute atomic E-state index is 13.0. The summed E-state index contributed by atoms with van der Waals surface area (Å²) < 4.78 is 23.7. The highest BCUT2D eigenvalue weighted by Gasteiger charge is 2.27. The number of phosphoric ester groups is 1. The molecule has 0 aromatic heterocycles. The van der Waals surface area contributed by atoms with Gasteiger partial charge in [-0.15, -0.1) is 0 Å². The Morgan fingerprint density at radius 2 is 0.775 bits per heavy atom. The third-order valence-electron chi connectivity index (χ3n) is 14.1. The summed E-state index contributed by atoms with van der Waals surface area (Å²) in [5.74, 6) is -0.182. The molecule has 0 aliphatic carbocycles.